The zero-order valence-electron chi connectivity index (χ0n) is 5.89. The van der Waals surface area contributed by atoms with E-state index in [0.717, 1.165) is 11.8 Å². The van der Waals surface area contributed by atoms with Gasteiger partial charge in [-0.25, -0.2) is 0 Å². The SMILES string of the molecule is BrCCc1ccccc1.P. The molecule has 0 spiro atoms. The van der Waals surface area contributed by atoms with Crippen LogP contribution in [0.5, 0.6) is 0 Å². The topological polar surface area (TPSA) is 0 Å². The average molecular weight is 219 g/mol. The van der Waals surface area contributed by atoms with Crippen LogP contribution in [0, 0.1) is 0 Å². The van der Waals surface area contributed by atoms with Crippen LogP contribution in [-0.4, -0.2) is 5.33 Å². The van der Waals surface area contributed by atoms with E-state index in [1.807, 2.05) is 6.07 Å². The van der Waals surface area contributed by atoms with Crippen LogP contribution in [0.1, 0.15) is 5.56 Å². The lowest BCUT2D eigenvalue weighted by Gasteiger charge is -1.92. The molecule has 1 rings (SSSR count). The first kappa shape index (κ1) is 10.1. The smallest absolute Gasteiger partial charge is 0.00718 e. The van der Waals surface area contributed by atoms with Gasteiger partial charge in [0.25, 0.3) is 0 Å². The monoisotopic (exact) mass is 218 g/mol. The predicted molar refractivity (Wildman–Crippen MR) is 55.0 cm³/mol. The molecular formula is C8H12BrP. The van der Waals surface area contributed by atoms with Crippen LogP contribution in [0.25, 0.3) is 0 Å². The molecule has 0 saturated carbocycles. The molecule has 1 atom stereocenters. The fourth-order valence-electron chi connectivity index (χ4n) is 0.754. The van der Waals surface area contributed by atoms with E-state index in [1.165, 1.54) is 5.56 Å². The Balaban J connectivity index is 0.000000810. The lowest BCUT2D eigenvalue weighted by molar-refractivity contribution is 1.17. The van der Waals surface area contributed by atoms with Crippen molar-refractivity contribution in [3.8, 4) is 0 Å². The van der Waals surface area contributed by atoms with Crippen LogP contribution in [0.2, 0.25) is 0 Å². The summed E-state index contributed by atoms with van der Waals surface area (Å²) in [5.74, 6) is 0. The molecule has 10 heavy (non-hydrogen) atoms. The Morgan fingerprint density at radius 1 is 1.10 bits per heavy atom. The number of hydrogen-bond donors (Lipinski definition) is 0. The van der Waals surface area contributed by atoms with E-state index >= 15 is 0 Å². The second kappa shape index (κ2) is 5.88. The first-order chi connectivity index (χ1) is 4.43. The summed E-state index contributed by atoms with van der Waals surface area (Å²) < 4.78 is 0. The standard InChI is InChI=1S/C8H9Br.H3P/c9-7-6-8-4-2-1-3-5-8;/h1-5H,6-7H2;1H3. The number of aryl methyl sites for hydroxylation is 1. The lowest BCUT2D eigenvalue weighted by atomic mass is 10.2. The summed E-state index contributed by atoms with van der Waals surface area (Å²) in [5.41, 5.74) is 1.40. The third-order valence-corrected chi connectivity index (χ3v) is 1.62. The van der Waals surface area contributed by atoms with E-state index in [4.69, 9.17) is 0 Å². The Morgan fingerprint density at radius 3 is 2.20 bits per heavy atom. The summed E-state index contributed by atoms with van der Waals surface area (Å²) in [6.45, 7) is 0. The molecule has 0 bridgehead atoms. The molecule has 0 amide bonds. The van der Waals surface area contributed by atoms with Crippen LogP contribution < -0.4 is 0 Å². The van der Waals surface area contributed by atoms with Crippen LogP contribution in [-0.2, 0) is 6.42 Å². The van der Waals surface area contributed by atoms with Gasteiger partial charge in [-0.2, -0.15) is 9.90 Å². The minimum Gasteiger partial charge on any atom is -0.153 e. The maximum Gasteiger partial charge on any atom is 0.00718 e. The molecular weight excluding hydrogens is 207 g/mol. The highest BCUT2D eigenvalue weighted by Gasteiger charge is 1.85. The number of halogens is 1. The van der Waals surface area contributed by atoms with Gasteiger partial charge < -0.3 is 0 Å². The van der Waals surface area contributed by atoms with Gasteiger partial charge in [0.15, 0.2) is 0 Å². The molecule has 56 valence electrons. The van der Waals surface area contributed by atoms with E-state index in [1.54, 1.807) is 0 Å². The number of rotatable bonds is 2. The van der Waals surface area contributed by atoms with Gasteiger partial charge in [-0.05, 0) is 12.0 Å². The molecule has 0 aromatic heterocycles. The lowest BCUT2D eigenvalue weighted by Crippen LogP contribution is -1.82. The normalized spacial score (nSPS) is 8.50. The van der Waals surface area contributed by atoms with E-state index < -0.39 is 0 Å². The molecule has 0 aliphatic rings. The first-order valence-corrected chi connectivity index (χ1v) is 4.15. The van der Waals surface area contributed by atoms with Crippen molar-refractivity contribution >= 4 is 25.8 Å². The van der Waals surface area contributed by atoms with Crippen molar-refractivity contribution in [3.63, 3.8) is 0 Å². The van der Waals surface area contributed by atoms with Crippen LogP contribution in [0.3, 0.4) is 0 Å². The van der Waals surface area contributed by atoms with E-state index in [-0.39, 0.29) is 9.90 Å². The third kappa shape index (κ3) is 3.34. The maximum absolute atomic E-state index is 3.39. The molecule has 0 nitrogen and oxygen atoms in total. The largest absolute Gasteiger partial charge is 0.153 e. The van der Waals surface area contributed by atoms with Gasteiger partial charge in [0.05, 0.1) is 0 Å². The minimum atomic E-state index is 0. The molecule has 1 aromatic carbocycles. The van der Waals surface area contributed by atoms with Crippen molar-refractivity contribution < 1.29 is 0 Å². The minimum absolute atomic E-state index is 0. The number of alkyl halides is 1. The fourth-order valence-corrected chi connectivity index (χ4v) is 1.21. The average Bonchev–Trinajstić information content (AvgIpc) is 1.91. The molecule has 1 aromatic rings. The van der Waals surface area contributed by atoms with Gasteiger partial charge in [-0.1, -0.05) is 46.3 Å². The Labute approximate surface area is 73.8 Å². The second-order valence-corrected chi connectivity index (χ2v) is 2.72. The van der Waals surface area contributed by atoms with E-state index in [9.17, 15) is 0 Å². The maximum atomic E-state index is 3.39. The molecule has 0 aliphatic heterocycles. The van der Waals surface area contributed by atoms with Gasteiger partial charge in [0.2, 0.25) is 0 Å². The molecule has 2 heteroatoms. The van der Waals surface area contributed by atoms with Gasteiger partial charge in [-0.15, -0.1) is 0 Å². The van der Waals surface area contributed by atoms with Crippen molar-refractivity contribution in [1.29, 1.82) is 0 Å². The Morgan fingerprint density at radius 2 is 1.70 bits per heavy atom. The highest BCUT2D eigenvalue weighted by molar-refractivity contribution is 9.09. The van der Waals surface area contributed by atoms with Gasteiger partial charge in [0, 0.05) is 5.33 Å². The third-order valence-electron chi connectivity index (χ3n) is 1.23. The molecule has 1 unspecified atom stereocenters. The summed E-state index contributed by atoms with van der Waals surface area (Å²) in [7, 11) is 0. The van der Waals surface area contributed by atoms with Gasteiger partial charge >= 0.3 is 0 Å². The summed E-state index contributed by atoms with van der Waals surface area (Å²) in [6, 6.07) is 10.5. The van der Waals surface area contributed by atoms with Gasteiger partial charge in [-0.3, -0.25) is 0 Å². The fraction of sp³-hybridized carbons (Fsp3) is 0.250. The van der Waals surface area contributed by atoms with E-state index in [0.29, 0.717) is 0 Å². The molecule has 0 heterocycles. The van der Waals surface area contributed by atoms with Crippen molar-refractivity contribution in [2.45, 2.75) is 6.42 Å². The molecule has 0 radical (unpaired) electrons. The Kier molecular flexibility index (Phi) is 5.96. The first-order valence-electron chi connectivity index (χ1n) is 3.03. The Hall–Kier alpha value is 0.130. The second-order valence-electron chi connectivity index (χ2n) is 1.92. The highest BCUT2D eigenvalue weighted by Crippen LogP contribution is 2.00. The number of hydrogen-bond acceptors (Lipinski definition) is 0. The molecule has 0 aliphatic carbocycles. The van der Waals surface area contributed by atoms with E-state index in [2.05, 4.69) is 40.2 Å². The van der Waals surface area contributed by atoms with Gasteiger partial charge in [0.1, 0.15) is 0 Å². The van der Waals surface area contributed by atoms with Crippen LogP contribution in [0.4, 0.5) is 0 Å². The number of benzene rings is 1. The van der Waals surface area contributed by atoms with Crippen molar-refractivity contribution in [3.05, 3.63) is 35.9 Å². The van der Waals surface area contributed by atoms with Crippen LogP contribution in [0.15, 0.2) is 30.3 Å². The molecule has 0 saturated heterocycles. The Bertz CT molecular complexity index is 162. The quantitative estimate of drug-likeness (QED) is 0.529. The summed E-state index contributed by atoms with van der Waals surface area (Å²) in [6.07, 6.45) is 1.13. The summed E-state index contributed by atoms with van der Waals surface area (Å²) in [5, 5.41) is 1.05. The van der Waals surface area contributed by atoms with Crippen LogP contribution >= 0.6 is 25.8 Å². The molecule has 0 N–H and O–H groups in total. The predicted octanol–water partition coefficient (Wildman–Crippen LogP) is 2.68. The van der Waals surface area contributed by atoms with Crippen molar-refractivity contribution in [2.75, 3.05) is 5.33 Å². The van der Waals surface area contributed by atoms with Crippen molar-refractivity contribution in [2.24, 2.45) is 0 Å². The highest BCUT2D eigenvalue weighted by atomic mass is 79.9. The van der Waals surface area contributed by atoms with Crippen molar-refractivity contribution in [1.82, 2.24) is 0 Å². The molecule has 0 fully saturated rings. The zero-order chi connectivity index (χ0) is 6.53. The zero-order valence-corrected chi connectivity index (χ0v) is 8.89. The summed E-state index contributed by atoms with van der Waals surface area (Å²) >= 11 is 3.39. The summed E-state index contributed by atoms with van der Waals surface area (Å²) in [4.78, 5) is 0.